The Balaban J connectivity index is 0.000000605. The molecular formula is C7H4NNaO2. The summed E-state index contributed by atoms with van der Waals surface area (Å²) in [5.41, 5.74) is 1.17. The molecule has 0 saturated carbocycles. The molecule has 0 amide bonds. The van der Waals surface area contributed by atoms with Gasteiger partial charge in [-0.15, -0.1) is 0 Å². The standard InChI is InChI=1S/C7H5NO2.Na/c9-7-8-5-3-1-2-4-6(5)10-7;/h1-4H,(H,8,9);/q;+1/p-1. The molecule has 50 valence electrons. The molecule has 2 aromatic rings. The third-order valence-corrected chi connectivity index (χ3v) is 1.27. The van der Waals surface area contributed by atoms with Crippen LogP contribution in [0.15, 0.2) is 28.7 Å². The van der Waals surface area contributed by atoms with Crippen molar-refractivity contribution in [3.8, 4) is 6.08 Å². The van der Waals surface area contributed by atoms with Crippen molar-refractivity contribution in [3.05, 3.63) is 24.3 Å². The van der Waals surface area contributed by atoms with Gasteiger partial charge in [-0.05, 0) is 12.1 Å². The summed E-state index contributed by atoms with van der Waals surface area (Å²) in [7, 11) is 0. The molecule has 4 heteroatoms. The van der Waals surface area contributed by atoms with E-state index in [1.165, 1.54) is 0 Å². The van der Waals surface area contributed by atoms with E-state index in [0.717, 1.165) is 0 Å². The Kier molecular flexibility index (Phi) is 2.54. The van der Waals surface area contributed by atoms with Crippen LogP contribution in [0.3, 0.4) is 0 Å². The van der Waals surface area contributed by atoms with E-state index < -0.39 is 6.08 Å². The molecule has 0 fully saturated rings. The summed E-state index contributed by atoms with van der Waals surface area (Å²) in [4.78, 5) is 3.59. The van der Waals surface area contributed by atoms with Gasteiger partial charge in [0.15, 0.2) is 6.08 Å². The van der Waals surface area contributed by atoms with Crippen LogP contribution in [0.25, 0.3) is 11.1 Å². The molecule has 0 aliphatic carbocycles. The number of fused-ring (bicyclic) bond motifs is 1. The SMILES string of the molecule is [Na+].[O-]c1nc2ccccc2o1. The van der Waals surface area contributed by atoms with Crippen molar-refractivity contribution in [1.82, 2.24) is 4.98 Å². The van der Waals surface area contributed by atoms with Gasteiger partial charge in [0.05, 0.1) is 5.52 Å². The van der Waals surface area contributed by atoms with E-state index in [0.29, 0.717) is 11.1 Å². The van der Waals surface area contributed by atoms with Gasteiger partial charge in [0.2, 0.25) is 0 Å². The minimum atomic E-state index is -0.527. The van der Waals surface area contributed by atoms with Crippen LogP contribution in [-0.4, -0.2) is 4.98 Å². The molecule has 0 aliphatic heterocycles. The summed E-state index contributed by atoms with van der Waals surface area (Å²) in [6.45, 7) is 0. The van der Waals surface area contributed by atoms with Crippen molar-refractivity contribution in [2.75, 3.05) is 0 Å². The summed E-state index contributed by atoms with van der Waals surface area (Å²) >= 11 is 0. The summed E-state index contributed by atoms with van der Waals surface area (Å²) in [5.74, 6) is 0. The number of hydrogen-bond acceptors (Lipinski definition) is 3. The van der Waals surface area contributed by atoms with Gasteiger partial charge in [-0.1, -0.05) is 12.1 Å². The van der Waals surface area contributed by atoms with Crippen LogP contribution in [0.5, 0.6) is 6.08 Å². The maximum absolute atomic E-state index is 10.5. The Hall–Kier alpha value is -0.510. The first kappa shape index (κ1) is 8.59. The van der Waals surface area contributed by atoms with Crippen LogP contribution >= 0.6 is 0 Å². The molecule has 0 saturated heterocycles. The maximum atomic E-state index is 10.5. The van der Waals surface area contributed by atoms with Gasteiger partial charge in [0.25, 0.3) is 0 Å². The molecule has 2 rings (SSSR count). The van der Waals surface area contributed by atoms with Gasteiger partial charge < -0.3 is 9.52 Å². The number of para-hydroxylation sites is 2. The molecule has 1 aromatic carbocycles. The van der Waals surface area contributed by atoms with Crippen LogP contribution < -0.4 is 34.7 Å². The van der Waals surface area contributed by atoms with E-state index in [4.69, 9.17) is 4.42 Å². The third-order valence-electron chi connectivity index (χ3n) is 1.27. The Morgan fingerprint density at radius 2 is 2.00 bits per heavy atom. The first-order valence-electron chi connectivity index (χ1n) is 2.89. The average molecular weight is 157 g/mol. The molecule has 0 aliphatic rings. The molecule has 0 atom stereocenters. The predicted molar refractivity (Wildman–Crippen MR) is 33.5 cm³/mol. The Bertz CT molecular complexity index is 325. The second-order valence-corrected chi connectivity index (χ2v) is 1.95. The fourth-order valence-electron chi connectivity index (χ4n) is 0.851. The molecule has 1 heterocycles. The largest absolute Gasteiger partial charge is 1.00 e. The quantitative estimate of drug-likeness (QED) is 0.412. The van der Waals surface area contributed by atoms with Crippen LogP contribution in [-0.2, 0) is 0 Å². The fourth-order valence-corrected chi connectivity index (χ4v) is 0.851. The number of oxazole rings is 1. The van der Waals surface area contributed by atoms with Crippen molar-refractivity contribution >= 4 is 11.1 Å². The van der Waals surface area contributed by atoms with Crippen LogP contribution in [0.4, 0.5) is 0 Å². The maximum Gasteiger partial charge on any atom is 1.00 e. The monoisotopic (exact) mass is 157 g/mol. The zero-order valence-electron chi connectivity index (χ0n) is 6.07. The summed E-state index contributed by atoms with van der Waals surface area (Å²) in [5, 5.41) is 10.5. The third kappa shape index (κ3) is 1.56. The van der Waals surface area contributed by atoms with Crippen LogP contribution in [0, 0.1) is 0 Å². The van der Waals surface area contributed by atoms with Gasteiger partial charge >= 0.3 is 29.6 Å². The van der Waals surface area contributed by atoms with Crippen molar-refractivity contribution in [1.29, 1.82) is 0 Å². The molecule has 0 N–H and O–H groups in total. The normalized spacial score (nSPS) is 9.45. The Morgan fingerprint density at radius 1 is 1.27 bits per heavy atom. The Morgan fingerprint density at radius 3 is 2.73 bits per heavy atom. The summed E-state index contributed by atoms with van der Waals surface area (Å²) in [6.07, 6.45) is -0.527. The second-order valence-electron chi connectivity index (χ2n) is 1.95. The van der Waals surface area contributed by atoms with E-state index in [1.54, 1.807) is 18.2 Å². The molecular weight excluding hydrogens is 153 g/mol. The molecule has 11 heavy (non-hydrogen) atoms. The van der Waals surface area contributed by atoms with E-state index in [1.807, 2.05) is 6.07 Å². The number of hydrogen-bond donors (Lipinski definition) is 0. The summed E-state index contributed by atoms with van der Waals surface area (Å²) < 4.78 is 4.70. The molecule has 3 nitrogen and oxygen atoms in total. The minimum Gasteiger partial charge on any atom is -0.564 e. The van der Waals surface area contributed by atoms with E-state index >= 15 is 0 Å². The van der Waals surface area contributed by atoms with Gasteiger partial charge in [-0.25, -0.2) is 4.98 Å². The smallest absolute Gasteiger partial charge is 0.564 e. The van der Waals surface area contributed by atoms with Gasteiger partial charge in [0.1, 0.15) is 0 Å². The van der Waals surface area contributed by atoms with E-state index in [2.05, 4.69) is 4.98 Å². The topological polar surface area (TPSA) is 49.1 Å². The molecule has 1 aromatic heterocycles. The Labute approximate surface area is 85.3 Å². The van der Waals surface area contributed by atoms with Gasteiger partial charge in [0, 0.05) is 5.58 Å². The van der Waals surface area contributed by atoms with E-state index in [-0.39, 0.29) is 29.6 Å². The predicted octanol–water partition coefficient (Wildman–Crippen LogP) is -2.09. The molecule has 0 bridgehead atoms. The fraction of sp³-hybridized carbons (Fsp3) is 0. The number of benzene rings is 1. The van der Waals surface area contributed by atoms with Crippen molar-refractivity contribution < 1.29 is 39.1 Å². The van der Waals surface area contributed by atoms with E-state index in [9.17, 15) is 5.11 Å². The van der Waals surface area contributed by atoms with Crippen molar-refractivity contribution in [3.63, 3.8) is 0 Å². The van der Waals surface area contributed by atoms with Gasteiger partial charge in [-0.2, -0.15) is 0 Å². The van der Waals surface area contributed by atoms with Gasteiger partial charge in [-0.3, -0.25) is 0 Å². The minimum absolute atomic E-state index is 0. The van der Waals surface area contributed by atoms with Crippen LogP contribution in [0.1, 0.15) is 0 Å². The number of rotatable bonds is 0. The first-order chi connectivity index (χ1) is 4.86. The van der Waals surface area contributed by atoms with Crippen molar-refractivity contribution in [2.45, 2.75) is 0 Å². The summed E-state index contributed by atoms with van der Waals surface area (Å²) in [6, 6.07) is 7.06. The molecule has 0 unspecified atom stereocenters. The van der Waals surface area contributed by atoms with Crippen molar-refractivity contribution in [2.24, 2.45) is 0 Å². The zero-order chi connectivity index (χ0) is 6.97. The number of aromatic nitrogens is 1. The first-order valence-corrected chi connectivity index (χ1v) is 2.89. The average Bonchev–Trinajstić information content (AvgIpc) is 2.27. The molecule has 0 radical (unpaired) electrons. The second kappa shape index (κ2) is 3.26. The zero-order valence-corrected chi connectivity index (χ0v) is 8.07. The number of nitrogens with zero attached hydrogens (tertiary/aromatic N) is 1. The van der Waals surface area contributed by atoms with Crippen LogP contribution in [0.2, 0.25) is 0 Å². The molecule has 0 spiro atoms.